The van der Waals surface area contributed by atoms with Gasteiger partial charge in [0.2, 0.25) is 0 Å². The summed E-state index contributed by atoms with van der Waals surface area (Å²) in [5.41, 5.74) is 4.04. The van der Waals surface area contributed by atoms with Crippen LogP contribution in [-0.2, 0) is 6.42 Å². The predicted molar refractivity (Wildman–Crippen MR) is 84.9 cm³/mol. The van der Waals surface area contributed by atoms with Crippen molar-refractivity contribution >= 4 is 11.8 Å². The van der Waals surface area contributed by atoms with Crippen molar-refractivity contribution < 1.29 is 0 Å². The molecule has 2 rings (SSSR count). The molecule has 0 amide bonds. The van der Waals surface area contributed by atoms with E-state index in [0.29, 0.717) is 6.04 Å². The zero-order chi connectivity index (χ0) is 13.7. The molecule has 1 N–H and O–H groups in total. The van der Waals surface area contributed by atoms with Crippen LogP contribution in [0.25, 0.3) is 0 Å². The molecule has 0 radical (unpaired) electrons. The van der Waals surface area contributed by atoms with E-state index in [1.165, 1.54) is 21.6 Å². The van der Waals surface area contributed by atoms with Gasteiger partial charge in [0.15, 0.2) is 0 Å². The summed E-state index contributed by atoms with van der Waals surface area (Å²) in [6, 6.07) is 18.0. The van der Waals surface area contributed by atoms with Gasteiger partial charge < -0.3 is 5.32 Å². The quantitative estimate of drug-likeness (QED) is 0.817. The van der Waals surface area contributed by atoms with Crippen molar-refractivity contribution in [2.45, 2.75) is 24.3 Å². The molecule has 0 saturated heterocycles. The third-order valence-electron chi connectivity index (χ3n) is 3.43. The Kier molecular flexibility index (Phi) is 5.06. The second-order valence-corrected chi connectivity index (χ2v) is 5.68. The van der Waals surface area contributed by atoms with Crippen molar-refractivity contribution in [3.63, 3.8) is 0 Å². The van der Waals surface area contributed by atoms with Crippen LogP contribution < -0.4 is 5.32 Å². The lowest BCUT2D eigenvalue weighted by atomic mass is 9.98. The maximum atomic E-state index is 3.41. The number of rotatable bonds is 5. The van der Waals surface area contributed by atoms with Gasteiger partial charge in [0.1, 0.15) is 0 Å². The van der Waals surface area contributed by atoms with Gasteiger partial charge >= 0.3 is 0 Å². The molecule has 1 unspecified atom stereocenters. The van der Waals surface area contributed by atoms with E-state index >= 15 is 0 Å². The summed E-state index contributed by atoms with van der Waals surface area (Å²) >= 11 is 1.78. The lowest BCUT2D eigenvalue weighted by Crippen LogP contribution is -2.18. The minimum atomic E-state index is 0.374. The van der Waals surface area contributed by atoms with E-state index in [2.05, 4.69) is 67.0 Å². The van der Waals surface area contributed by atoms with Crippen LogP contribution in [0.1, 0.15) is 22.7 Å². The summed E-state index contributed by atoms with van der Waals surface area (Å²) in [6.45, 7) is 2.13. The van der Waals surface area contributed by atoms with Crippen LogP contribution in [0.3, 0.4) is 0 Å². The van der Waals surface area contributed by atoms with Crippen LogP contribution in [0.4, 0.5) is 0 Å². The Morgan fingerprint density at radius 1 is 1.00 bits per heavy atom. The molecule has 0 saturated carbocycles. The molecular weight excluding hydrogens is 250 g/mol. The zero-order valence-electron chi connectivity index (χ0n) is 11.8. The Hall–Kier alpha value is -1.25. The standard InChI is InChI=1S/C17H21NS/c1-13-4-6-14(7-5-13)12-17(18-2)15-8-10-16(19-3)11-9-15/h4-11,17-18H,12H2,1-3H3. The maximum absolute atomic E-state index is 3.41. The van der Waals surface area contributed by atoms with Crippen LogP contribution in [0, 0.1) is 6.92 Å². The molecule has 0 aliphatic carbocycles. The second kappa shape index (κ2) is 6.78. The SMILES string of the molecule is CNC(Cc1ccc(C)cc1)c1ccc(SC)cc1. The smallest absolute Gasteiger partial charge is 0.0358 e. The summed E-state index contributed by atoms with van der Waals surface area (Å²) in [7, 11) is 2.03. The van der Waals surface area contributed by atoms with Crippen molar-refractivity contribution in [2.24, 2.45) is 0 Å². The van der Waals surface area contributed by atoms with E-state index in [9.17, 15) is 0 Å². The lowest BCUT2D eigenvalue weighted by Gasteiger charge is -2.17. The average molecular weight is 271 g/mol. The average Bonchev–Trinajstić information content (AvgIpc) is 2.47. The highest BCUT2D eigenvalue weighted by atomic mass is 32.2. The Morgan fingerprint density at radius 2 is 1.63 bits per heavy atom. The van der Waals surface area contributed by atoms with Crippen molar-refractivity contribution in [1.82, 2.24) is 5.32 Å². The largest absolute Gasteiger partial charge is 0.313 e. The summed E-state index contributed by atoms with van der Waals surface area (Å²) in [5, 5.41) is 3.41. The topological polar surface area (TPSA) is 12.0 Å². The molecule has 2 aromatic rings. The van der Waals surface area contributed by atoms with Crippen LogP contribution in [0.15, 0.2) is 53.4 Å². The first kappa shape index (κ1) is 14.2. The van der Waals surface area contributed by atoms with Gasteiger partial charge in [-0.05, 0) is 49.9 Å². The van der Waals surface area contributed by atoms with Gasteiger partial charge in [-0.1, -0.05) is 42.0 Å². The minimum absolute atomic E-state index is 0.374. The van der Waals surface area contributed by atoms with E-state index in [4.69, 9.17) is 0 Å². The molecule has 0 aliphatic heterocycles. The summed E-state index contributed by atoms with van der Waals surface area (Å²) in [5.74, 6) is 0. The first-order valence-electron chi connectivity index (χ1n) is 6.59. The van der Waals surface area contributed by atoms with E-state index in [-0.39, 0.29) is 0 Å². The predicted octanol–water partition coefficient (Wildman–Crippen LogP) is 4.22. The molecule has 0 spiro atoms. The number of nitrogens with one attached hydrogen (secondary N) is 1. The molecule has 19 heavy (non-hydrogen) atoms. The van der Waals surface area contributed by atoms with Crippen molar-refractivity contribution in [3.8, 4) is 0 Å². The zero-order valence-corrected chi connectivity index (χ0v) is 12.6. The normalized spacial score (nSPS) is 12.4. The van der Waals surface area contributed by atoms with Gasteiger partial charge in [-0.25, -0.2) is 0 Å². The van der Waals surface area contributed by atoms with Gasteiger partial charge in [-0.15, -0.1) is 11.8 Å². The molecule has 0 bridgehead atoms. The minimum Gasteiger partial charge on any atom is -0.313 e. The third kappa shape index (κ3) is 3.85. The maximum Gasteiger partial charge on any atom is 0.0358 e. The molecule has 0 heterocycles. The second-order valence-electron chi connectivity index (χ2n) is 4.80. The van der Waals surface area contributed by atoms with Crippen LogP contribution in [0.2, 0.25) is 0 Å². The molecule has 0 aromatic heterocycles. The number of hydrogen-bond acceptors (Lipinski definition) is 2. The summed E-state index contributed by atoms with van der Waals surface area (Å²) < 4.78 is 0. The fourth-order valence-electron chi connectivity index (χ4n) is 2.18. The summed E-state index contributed by atoms with van der Waals surface area (Å²) in [4.78, 5) is 1.31. The van der Waals surface area contributed by atoms with Crippen LogP contribution in [-0.4, -0.2) is 13.3 Å². The van der Waals surface area contributed by atoms with E-state index in [1.807, 2.05) is 7.05 Å². The lowest BCUT2D eigenvalue weighted by molar-refractivity contribution is 0.591. The first-order valence-corrected chi connectivity index (χ1v) is 7.82. The van der Waals surface area contributed by atoms with Gasteiger partial charge in [0, 0.05) is 10.9 Å². The molecule has 1 nitrogen and oxygen atoms in total. The highest BCUT2D eigenvalue weighted by molar-refractivity contribution is 7.98. The molecule has 0 aliphatic rings. The molecular formula is C17H21NS. The highest BCUT2D eigenvalue weighted by Crippen LogP contribution is 2.22. The van der Waals surface area contributed by atoms with E-state index in [1.54, 1.807) is 11.8 Å². The summed E-state index contributed by atoms with van der Waals surface area (Å²) in [6.07, 6.45) is 3.13. The van der Waals surface area contributed by atoms with Crippen molar-refractivity contribution in [2.75, 3.05) is 13.3 Å². The molecule has 2 heteroatoms. The van der Waals surface area contributed by atoms with Gasteiger partial charge in [0.05, 0.1) is 0 Å². The highest BCUT2D eigenvalue weighted by Gasteiger charge is 2.09. The fraction of sp³-hybridized carbons (Fsp3) is 0.294. The number of thioether (sulfide) groups is 1. The number of likely N-dealkylation sites (N-methyl/N-ethyl adjacent to an activating group) is 1. The molecule has 0 fully saturated rings. The van der Waals surface area contributed by atoms with E-state index in [0.717, 1.165) is 6.42 Å². The van der Waals surface area contributed by atoms with E-state index < -0.39 is 0 Å². The number of hydrogen-bond donors (Lipinski definition) is 1. The Bertz CT molecular complexity index is 502. The molecule has 100 valence electrons. The fourth-order valence-corrected chi connectivity index (χ4v) is 2.59. The van der Waals surface area contributed by atoms with Gasteiger partial charge in [-0.3, -0.25) is 0 Å². The molecule has 2 aromatic carbocycles. The van der Waals surface area contributed by atoms with Crippen molar-refractivity contribution in [3.05, 3.63) is 65.2 Å². The Balaban J connectivity index is 2.12. The van der Waals surface area contributed by atoms with Gasteiger partial charge in [-0.2, -0.15) is 0 Å². The Labute approximate surface area is 120 Å². The third-order valence-corrected chi connectivity index (χ3v) is 4.17. The van der Waals surface area contributed by atoms with Crippen LogP contribution >= 0.6 is 11.8 Å². The monoisotopic (exact) mass is 271 g/mol. The number of benzene rings is 2. The van der Waals surface area contributed by atoms with Crippen molar-refractivity contribution in [1.29, 1.82) is 0 Å². The molecule has 1 atom stereocenters. The Morgan fingerprint density at radius 3 is 2.16 bits per heavy atom. The first-order chi connectivity index (χ1) is 9.22. The van der Waals surface area contributed by atoms with Gasteiger partial charge in [0.25, 0.3) is 0 Å². The van der Waals surface area contributed by atoms with Crippen LogP contribution in [0.5, 0.6) is 0 Å². The number of aryl methyl sites for hydroxylation is 1.